The van der Waals surface area contributed by atoms with Crippen LogP contribution in [0.4, 0.5) is 4.39 Å². The normalized spacial score (nSPS) is 21.1. The van der Waals surface area contributed by atoms with Crippen molar-refractivity contribution in [2.45, 2.75) is 18.3 Å². The molecule has 0 radical (unpaired) electrons. The SMILES string of the molecule is COC(=O)C1=C2N=C(N)c3cc(Cl)ccc3C2(c2cccc(F)c2)CC1. The van der Waals surface area contributed by atoms with Gasteiger partial charge in [0, 0.05) is 10.6 Å². The number of methoxy groups -OCH3 is 1. The molecule has 1 aliphatic carbocycles. The van der Waals surface area contributed by atoms with E-state index in [9.17, 15) is 9.18 Å². The van der Waals surface area contributed by atoms with Crippen molar-refractivity contribution >= 4 is 23.4 Å². The average Bonchev–Trinajstić information content (AvgIpc) is 3.01. The Balaban J connectivity index is 2.08. The minimum atomic E-state index is -0.756. The number of esters is 1. The molecule has 2 aromatic carbocycles. The first-order valence-electron chi connectivity index (χ1n) is 8.20. The number of hydrogen-bond donors (Lipinski definition) is 1. The van der Waals surface area contributed by atoms with Gasteiger partial charge in [0.05, 0.1) is 23.8 Å². The van der Waals surface area contributed by atoms with Gasteiger partial charge >= 0.3 is 5.97 Å². The lowest BCUT2D eigenvalue weighted by atomic mass is 9.69. The van der Waals surface area contributed by atoms with Crippen LogP contribution in [0.5, 0.6) is 0 Å². The van der Waals surface area contributed by atoms with E-state index in [4.69, 9.17) is 22.1 Å². The minimum Gasteiger partial charge on any atom is -0.466 e. The van der Waals surface area contributed by atoms with Gasteiger partial charge in [-0.3, -0.25) is 0 Å². The van der Waals surface area contributed by atoms with Crippen molar-refractivity contribution in [1.29, 1.82) is 0 Å². The third kappa shape index (κ3) is 2.27. The summed E-state index contributed by atoms with van der Waals surface area (Å²) in [6, 6.07) is 11.8. The van der Waals surface area contributed by atoms with Gasteiger partial charge in [-0.15, -0.1) is 0 Å². The Hall–Kier alpha value is -2.66. The van der Waals surface area contributed by atoms with Gasteiger partial charge in [-0.2, -0.15) is 0 Å². The smallest absolute Gasteiger partial charge is 0.335 e. The van der Waals surface area contributed by atoms with Crippen molar-refractivity contribution in [3.05, 3.63) is 81.3 Å². The zero-order valence-corrected chi connectivity index (χ0v) is 14.8. The van der Waals surface area contributed by atoms with Crippen LogP contribution in [-0.4, -0.2) is 18.9 Å². The summed E-state index contributed by atoms with van der Waals surface area (Å²) in [6.07, 6.45) is 1.04. The number of fused-ring (bicyclic) bond motifs is 3. The summed E-state index contributed by atoms with van der Waals surface area (Å²) in [4.78, 5) is 16.8. The fourth-order valence-electron chi connectivity index (χ4n) is 4.03. The number of aliphatic imine (C=N–C) groups is 1. The molecule has 0 bridgehead atoms. The van der Waals surface area contributed by atoms with Crippen LogP contribution in [-0.2, 0) is 14.9 Å². The van der Waals surface area contributed by atoms with Crippen LogP contribution in [0.25, 0.3) is 0 Å². The molecule has 0 spiro atoms. The maximum Gasteiger partial charge on any atom is 0.335 e. The molecule has 6 heteroatoms. The van der Waals surface area contributed by atoms with Crippen LogP contribution < -0.4 is 5.73 Å². The first-order valence-corrected chi connectivity index (χ1v) is 8.57. The highest BCUT2D eigenvalue weighted by Gasteiger charge is 2.49. The summed E-state index contributed by atoms with van der Waals surface area (Å²) >= 11 is 6.15. The van der Waals surface area contributed by atoms with Gasteiger partial charge in [0.1, 0.15) is 11.7 Å². The molecule has 0 saturated heterocycles. The Morgan fingerprint density at radius 3 is 2.85 bits per heavy atom. The van der Waals surface area contributed by atoms with E-state index in [1.54, 1.807) is 18.2 Å². The number of allylic oxidation sites excluding steroid dienone is 1. The van der Waals surface area contributed by atoms with Gasteiger partial charge < -0.3 is 10.5 Å². The summed E-state index contributed by atoms with van der Waals surface area (Å²) in [5.41, 5.74) is 8.72. The van der Waals surface area contributed by atoms with Gasteiger partial charge in [-0.1, -0.05) is 29.8 Å². The van der Waals surface area contributed by atoms with E-state index in [0.717, 1.165) is 11.1 Å². The number of halogens is 2. The summed E-state index contributed by atoms with van der Waals surface area (Å²) in [5, 5.41) is 0.537. The number of amidine groups is 1. The maximum absolute atomic E-state index is 14.0. The van der Waals surface area contributed by atoms with E-state index in [1.165, 1.54) is 19.2 Å². The van der Waals surface area contributed by atoms with Crippen LogP contribution in [0.2, 0.25) is 5.02 Å². The quantitative estimate of drug-likeness (QED) is 0.820. The van der Waals surface area contributed by atoms with Crippen molar-refractivity contribution in [2.75, 3.05) is 7.11 Å². The minimum absolute atomic E-state index is 0.285. The maximum atomic E-state index is 14.0. The molecular formula is C20H16ClFN2O2. The zero-order valence-electron chi connectivity index (χ0n) is 14.1. The second-order valence-electron chi connectivity index (χ2n) is 6.42. The summed E-state index contributed by atoms with van der Waals surface area (Å²) in [7, 11) is 1.34. The van der Waals surface area contributed by atoms with Crippen molar-refractivity contribution in [3.63, 3.8) is 0 Å². The van der Waals surface area contributed by atoms with Gasteiger partial charge in [0.25, 0.3) is 0 Å². The second-order valence-corrected chi connectivity index (χ2v) is 6.86. The standard InChI is InChI=1S/C20H16ClFN2O2/c1-26-19(25)14-7-8-20(11-3-2-4-13(22)9-11)16-6-5-12(21)10-15(16)18(23)24-17(14)20/h2-6,9-10H,7-8H2,1H3,(H2,23,24). The zero-order chi connectivity index (χ0) is 18.5. The molecule has 1 unspecified atom stereocenters. The van der Waals surface area contributed by atoms with Crippen LogP contribution in [0, 0.1) is 5.82 Å². The Morgan fingerprint density at radius 2 is 2.12 bits per heavy atom. The van der Waals surface area contributed by atoms with Crippen LogP contribution in [0.1, 0.15) is 29.5 Å². The topological polar surface area (TPSA) is 64.7 Å². The average molecular weight is 371 g/mol. The third-order valence-corrected chi connectivity index (χ3v) is 5.37. The summed E-state index contributed by atoms with van der Waals surface area (Å²) < 4.78 is 19.0. The summed E-state index contributed by atoms with van der Waals surface area (Å²) in [5.74, 6) is -0.499. The molecule has 2 N–H and O–H groups in total. The molecule has 4 nitrogen and oxygen atoms in total. The lowest BCUT2D eigenvalue weighted by Crippen LogP contribution is -2.35. The third-order valence-electron chi connectivity index (χ3n) is 5.14. The van der Waals surface area contributed by atoms with E-state index < -0.39 is 11.4 Å². The van der Waals surface area contributed by atoms with Gasteiger partial charge in [-0.05, 0) is 48.2 Å². The number of carbonyl (C=O) groups is 1. The Kier molecular flexibility index (Phi) is 3.84. The molecule has 1 atom stereocenters. The lowest BCUT2D eigenvalue weighted by Gasteiger charge is -2.36. The molecule has 0 amide bonds. The molecule has 2 aliphatic rings. The Morgan fingerprint density at radius 1 is 1.31 bits per heavy atom. The predicted molar refractivity (Wildman–Crippen MR) is 97.6 cm³/mol. The molecular weight excluding hydrogens is 355 g/mol. The molecule has 4 rings (SSSR count). The number of nitrogens with two attached hydrogens (primary N) is 1. The molecule has 0 aromatic heterocycles. The molecule has 1 aliphatic heterocycles. The van der Waals surface area contributed by atoms with Crippen LogP contribution >= 0.6 is 11.6 Å². The molecule has 2 aromatic rings. The number of carbonyl (C=O) groups excluding carboxylic acids is 1. The highest BCUT2D eigenvalue weighted by molar-refractivity contribution is 6.31. The Bertz CT molecular complexity index is 999. The largest absolute Gasteiger partial charge is 0.466 e. The highest BCUT2D eigenvalue weighted by atomic mass is 35.5. The van der Waals surface area contributed by atoms with Crippen LogP contribution in [0.3, 0.4) is 0 Å². The first-order chi connectivity index (χ1) is 12.5. The first kappa shape index (κ1) is 16.8. The molecule has 0 fully saturated rings. The fourth-order valence-corrected chi connectivity index (χ4v) is 4.20. The summed E-state index contributed by atoms with van der Waals surface area (Å²) in [6.45, 7) is 0. The number of rotatable bonds is 2. The molecule has 26 heavy (non-hydrogen) atoms. The van der Waals surface area contributed by atoms with Crippen molar-refractivity contribution in [1.82, 2.24) is 0 Å². The predicted octanol–water partition coefficient (Wildman–Crippen LogP) is 3.71. The molecule has 132 valence electrons. The monoisotopic (exact) mass is 370 g/mol. The van der Waals surface area contributed by atoms with Crippen LogP contribution in [0.15, 0.2) is 58.7 Å². The number of benzene rings is 2. The van der Waals surface area contributed by atoms with Crippen molar-refractivity contribution < 1.29 is 13.9 Å². The van der Waals surface area contributed by atoms with E-state index in [-0.39, 0.29) is 11.7 Å². The number of hydrogen-bond acceptors (Lipinski definition) is 4. The van der Waals surface area contributed by atoms with E-state index in [0.29, 0.717) is 34.7 Å². The number of nitrogens with zero attached hydrogens (tertiary/aromatic N) is 1. The van der Waals surface area contributed by atoms with Gasteiger partial charge in [0.15, 0.2) is 0 Å². The fraction of sp³-hybridized carbons (Fsp3) is 0.200. The van der Waals surface area contributed by atoms with E-state index in [2.05, 4.69) is 4.99 Å². The van der Waals surface area contributed by atoms with E-state index in [1.807, 2.05) is 12.1 Å². The Labute approximate surface area is 155 Å². The molecule has 0 saturated carbocycles. The van der Waals surface area contributed by atoms with Crippen molar-refractivity contribution in [3.8, 4) is 0 Å². The lowest BCUT2D eigenvalue weighted by molar-refractivity contribution is -0.136. The van der Waals surface area contributed by atoms with Crippen molar-refractivity contribution in [2.24, 2.45) is 10.7 Å². The highest BCUT2D eigenvalue weighted by Crippen LogP contribution is 2.54. The molecule has 1 heterocycles. The van der Waals surface area contributed by atoms with Gasteiger partial charge in [-0.25, -0.2) is 14.2 Å². The van der Waals surface area contributed by atoms with Gasteiger partial charge in [0.2, 0.25) is 0 Å². The second kappa shape index (κ2) is 5.95. The number of ether oxygens (including phenoxy) is 1. The van der Waals surface area contributed by atoms with E-state index >= 15 is 0 Å².